The van der Waals surface area contributed by atoms with Crippen LogP contribution >= 0.6 is 0 Å². The first-order chi connectivity index (χ1) is 5.86. The van der Waals surface area contributed by atoms with Crippen LogP contribution in [0.15, 0.2) is 47.1 Å². The van der Waals surface area contributed by atoms with Crippen LogP contribution in [-0.4, -0.2) is 0 Å². The molecule has 1 aromatic heterocycles. The molecular formula is C11H9O. The van der Waals surface area contributed by atoms with Gasteiger partial charge in [0, 0.05) is 12.5 Å². The van der Waals surface area contributed by atoms with Crippen LogP contribution in [0.2, 0.25) is 0 Å². The van der Waals surface area contributed by atoms with Gasteiger partial charge in [-0.15, -0.1) is 0 Å². The third kappa shape index (κ3) is 1.26. The van der Waals surface area contributed by atoms with Gasteiger partial charge in [0.15, 0.2) is 0 Å². The first kappa shape index (κ1) is 7.17. The maximum atomic E-state index is 5.11. The van der Waals surface area contributed by atoms with Crippen molar-refractivity contribution >= 4 is 0 Å². The topological polar surface area (TPSA) is 13.1 Å². The van der Waals surface area contributed by atoms with Crippen LogP contribution in [0.5, 0.6) is 0 Å². The fraction of sp³-hybridized carbons (Fsp3) is 0. The standard InChI is InChI=1S/C11H9O/c1-9-7-11(8-12-9)10-5-3-2-4-6-10/h2-8H,1H2. The molecule has 2 aromatic rings. The predicted molar refractivity (Wildman–Crippen MR) is 48.6 cm³/mol. The molecule has 0 saturated heterocycles. The minimum Gasteiger partial charge on any atom is -0.469 e. The van der Waals surface area contributed by atoms with Gasteiger partial charge < -0.3 is 4.42 Å². The molecular weight excluding hydrogens is 148 g/mol. The summed E-state index contributed by atoms with van der Waals surface area (Å²) < 4.78 is 5.11. The van der Waals surface area contributed by atoms with Crippen LogP contribution in [0.25, 0.3) is 11.1 Å². The Balaban J connectivity index is 2.45. The van der Waals surface area contributed by atoms with Crippen molar-refractivity contribution in [2.45, 2.75) is 0 Å². The van der Waals surface area contributed by atoms with E-state index in [1.165, 1.54) is 0 Å². The van der Waals surface area contributed by atoms with Crippen LogP contribution in [0.4, 0.5) is 0 Å². The van der Waals surface area contributed by atoms with E-state index in [-0.39, 0.29) is 0 Å². The number of benzene rings is 1. The van der Waals surface area contributed by atoms with Gasteiger partial charge >= 0.3 is 0 Å². The summed E-state index contributed by atoms with van der Waals surface area (Å²) in [5.41, 5.74) is 2.25. The molecule has 0 aliphatic carbocycles. The lowest BCUT2D eigenvalue weighted by Crippen LogP contribution is -1.69. The van der Waals surface area contributed by atoms with Gasteiger partial charge in [0.25, 0.3) is 0 Å². The van der Waals surface area contributed by atoms with E-state index in [4.69, 9.17) is 4.42 Å². The SMILES string of the molecule is [CH2]c1cc(-c2ccccc2)co1. The molecule has 1 heterocycles. The second-order valence-electron chi connectivity index (χ2n) is 2.67. The lowest BCUT2D eigenvalue weighted by atomic mass is 10.1. The quantitative estimate of drug-likeness (QED) is 0.619. The number of hydrogen-bond acceptors (Lipinski definition) is 1. The van der Waals surface area contributed by atoms with Crippen LogP contribution in [-0.2, 0) is 0 Å². The van der Waals surface area contributed by atoms with E-state index < -0.39 is 0 Å². The van der Waals surface area contributed by atoms with Crippen molar-refractivity contribution in [3.05, 3.63) is 55.3 Å². The van der Waals surface area contributed by atoms with E-state index in [9.17, 15) is 0 Å². The Bertz CT molecular complexity index is 360. The van der Waals surface area contributed by atoms with E-state index in [1.54, 1.807) is 6.26 Å². The number of rotatable bonds is 1. The molecule has 0 amide bonds. The van der Waals surface area contributed by atoms with Gasteiger partial charge in [-0.05, 0) is 11.6 Å². The van der Waals surface area contributed by atoms with Crippen molar-refractivity contribution in [2.75, 3.05) is 0 Å². The summed E-state index contributed by atoms with van der Waals surface area (Å²) in [5, 5.41) is 0. The lowest BCUT2D eigenvalue weighted by molar-refractivity contribution is 0.549. The van der Waals surface area contributed by atoms with Gasteiger partial charge in [-0.2, -0.15) is 0 Å². The number of furan rings is 1. The highest BCUT2D eigenvalue weighted by Gasteiger charge is 1.98. The second-order valence-corrected chi connectivity index (χ2v) is 2.67. The Morgan fingerprint density at radius 1 is 1.00 bits per heavy atom. The minimum atomic E-state index is 0.703. The van der Waals surface area contributed by atoms with Gasteiger partial charge in [0.1, 0.15) is 5.76 Å². The highest BCUT2D eigenvalue weighted by atomic mass is 16.3. The summed E-state index contributed by atoms with van der Waals surface area (Å²) in [7, 11) is 0. The molecule has 59 valence electrons. The Morgan fingerprint density at radius 3 is 2.33 bits per heavy atom. The second kappa shape index (κ2) is 2.86. The zero-order chi connectivity index (χ0) is 8.39. The molecule has 2 rings (SSSR count). The zero-order valence-electron chi connectivity index (χ0n) is 6.66. The molecule has 1 nitrogen and oxygen atoms in total. The average molecular weight is 157 g/mol. The van der Waals surface area contributed by atoms with Crippen molar-refractivity contribution in [3.63, 3.8) is 0 Å². The highest BCUT2D eigenvalue weighted by molar-refractivity contribution is 5.62. The maximum absolute atomic E-state index is 5.11. The van der Waals surface area contributed by atoms with E-state index in [0.717, 1.165) is 11.1 Å². The van der Waals surface area contributed by atoms with E-state index >= 15 is 0 Å². The molecule has 0 atom stereocenters. The first-order valence-corrected chi connectivity index (χ1v) is 3.82. The van der Waals surface area contributed by atoms with Crippen LogP contribution < -0.4 is 0 Å². The third-order valence-electron chi connectivity index (χ3n) is 1.76. The molecule has 1 aromatic carbocycles. The summed E-state index contributed by atoms with van der Waals surface area (Å²) in [6, 6.07) is 12.0. The van der Waals surface area contributed by atoms with E-state index in [2.05, 4.69) is 6.92 Å². The Hall–Kier alpha value is -1.50. The van der Waals surface area contributed by atoms with Crippen molar-refractivity contribution < 1.29 is 4.42 Å². The first-order valence-electron chi connectivity index (χ1n) is 3.82. The van der Waals surface area contributed by atoms with Crippen LogP contribution in [0, 0.1) is 6.92 Å². The van der Waals surface area contributed by atoms with Gasteiger partial charge in [-0.1, -0.05) is 30.3 Å². The molecule has 1 heteroatoms. The minimum absolute atomic E-state index is 0.703. The monoisotopic (exact) mass is 157 g/mol. The summed E-state index contributed by atoms with van der Waals surface area (Å²) in [4.78, 5) is 0. The van der Waals surface area contributed by atoms with Crippen molar-refractivity contribution in [1.82, 2.24) is 0 Å². The van der Waals surface area contributed by atoms with E-state index in [0.29, 0.717) is 5.76 Å². The molecule has 0 fully saturated rings. The molecule has 0 aliphatic heterocycles. The molecule has 0 bridgehead atoms. The average Bonchev–Trinajstić information content (AvgIpc) is 2.54. The molecule has 0 saturated carbocycles. The Labute approximate surface area is 71.6 Å². The normalized spacial score (nSPS) is 10.1. The Morgan fingerprint density at radius 2 is 1.75 bits per heavy atom. The summed E-state index contributed by atoms with van der Waals surface area (Å²) in [5.74, 6) is 0.703. The van der Waals surface area contributed by atoms with Crippen molar-refractivity contribution in [2.24, 2.45) is 0 Å². The van der Waals surface area contributed by atoms with E-state index in [1.807, 2.05) is 36.4 Å². The fourth-order valence-electron chi connectivity index (χ4n) is 1.16. The largest absolute Gasteiger partial charge is 0.469 e. The number of hydrogen-bond donors (Lipinski definition) is 0. The molecule has 0 spiro atoms. The molecule has 0 N–H and O–H groups in total. The van der Waals surface area contributed by atoms with Crippen molar-refractivity contribution in [3.8, 4) is 11.1 Å². The smallest absolute Gasteiger partial charge is 0.104 e. The highest BCUT2D eigenvalue weighted by Crippen LogP contribution is 2.20. The summed E-state index contributed by atoms with van der Waals surface area (Å²) >= 11 is 0. The summed E-state index contributed by atoms with van der Waals surface area (Å²) in [6.45, 7) is 3.70. The molecule has 1 radical (unpaired) electrons. The lowest BCUT2D eigenvalue weighted by Gasteiger charge is -1.92. The van der Waals surface area contributed by atoms with Crippen LogP contribution in [0.3, 0.4) is 0 Å². The Kier molecular flexibility index (Phi) is 1.71. The summed E-state index contributed by atoms with van der Waals surface area (Å²) in [6.07, 6.45) is 1.72. The van der Waals surface area contributed by atoms with Gasteiger partial charge in [-0.3, -0.25) is 0 Å². The van der Waals surface area contributed by atoms with Crippen LogP contribution in [0.1, 0.15) is 5.76 Å². The van der Waals surface area contributed by atoms with Gasteiger partial charge in [-0.25, -0.2) is 0 Å². The fourth-order valence-corrected chi connectivity index (χ4v) is 1.16. The maximum Gasteiger partial charge on any atom is 0.104 e. The van der Waals surface area contributed by atoms with Crippen molar-refractivity contribution in [1.29, 1.82) is 0 Å². The molecule has 12 heavy (non-hydrogen) atoms. The predicted octanol–water partition coefficient (Wildman–Crippen LogP) is 3.13. The zero-order valence-corrected chi connectivity index (χ0v) is 6.66. The third-order valence-corrected chi connectivity index (χ3v) is 1.76. The molecule has 0 aliphatic rings. The van der Waals surface area contributed by atoms with Gasteiger partial charge in [0.05, 0.1) is 6.26 Å². The van der Waals surface area contributed by atoms with Gasteiger partial charge in [0.2, 0.25) is 0 Å². The molecule has 0 unspecified atom stereocenters.